The first-order valence-electron chi connectivity index (χ1n) is 14.9. The zero-order valence-electron chi connectivity index (χ0n) is 24.2. The van der Waals surface area contributed by atoms with E-state index in [-0.39, 0.29) is 11.8 Å². The van der Waals surface area contributed by atoms with Crippen molar-refractivity contribution in [1.82, 2.24) is 4.90 Å². The highest BCUT2D eigenvalue weighted by atomic mass is 16.2. The second-order valence-corrected chi connectivity index (χ2v) is 11.3. The van der Waals surface area contributed by atoms with Gasteiger partial charge in [-0.15, -0.1) is 0 Å². The molecule has 3 aromatic carbocycles. The summed E-state index contributed by atoms with van der Waals surface area (Å²) in [5.41, 5.74) is 13.6. The minimum atomic E-state index is -0.195. The number of hydrogen-bond acceptors (Lipinski definition) is 4. The van der Waals surface area contributed by atoms with E-state index in [0.29, 0.717) is 48.1 Å². The highest BCUT2D eigenvalue weighted by molar-refractivity contribution is 6.08. The van der Waals surface area contributed by atoms with Gasteiger partial charge in [0.25, 0.3) is 5.91 Å². The zero-order valence-corrected chi connectivity index (χ0v) is 24.2. The van der Waals surface area contributed by atoms with Gasteiger partial charge in [-0.3, -0.25) is 9.59 Å². The Morgan fingerprint density at radius 2 is 1.76 bits per heavy atom. The average Bonchev–Trinajstić information content (AvgIpc) is 3.14. The SMILES string of the molecule is CCCN(CCC)C(=O)C1=Cc2ccc(C(=O)Nc3ccc4c(c3)CC(Cc3ccccc3)CC4)cc2N=C(N)C1. The lowest BCUT2D eigenvalue weighted by Gasteiger charge is -2.25. The highest BCUT2D eigenvalue weighted by Gasteiger charge is 2.22. The van der Waals surface area contributed by atoms with Crippen LogP contribution in [-0.2, 0) is 24.1 Å². The van der Waals surface area contributed by atoms with Gasteiger partial charge >= 0.3 is 0 Å². The standard InChI is InChI=1S/C35H40N4O2/c1-3-16-39(17-4-2)35(41)30-20-27-12-13-28(22-32(27)38-33(36)23-30)34(40)37-31-15-14-26-11-10-25(19-29(26)21-31)18-24-8-6-5-7-9-24/h5-9,12-15,20-22,25H,3-4,10-11,16-19,23H2,1-2H3,(H2,36,38)(H,37,40). The van der Waals surface area contributed by atoms with E-state index in [1.54, 1.807) is 12.1 Å². The molecule has 0 radical (unpaired) electrons. The van der Waals surface area contributed by atoms with E-state index in [1.165, 1.54) is 23.1 Å². The van der Waals surface area contributed by atoms with Gasteiger partial charge in [-0.05, 0) is 91.5 Å². The maximum atomic E-state index is 13.3. The lowest BCUT2D eigenvalue weighted by atomic mass is 9.80. The van der Waals surface area contributed by atoms with Crippen molar-refractivity contribution in [3.8, 4) is 0 Å². The van der Waals surface area contributed by atoms with Gasteiger partial charge in [-0.1, -0.05) is 56.3 Å². The van der Waals surface area contributed by atoms with Crippen LogP contribution in [0.4, 0.5) is 11.4 Å². The predicted octanol–water partition coefficient (Wildman–Crippen LogP) is 6.71. The van der Waals surface area contributed by atoms with E-state index in [4.69, 9.17) is 5.73 Å². The van der Waals surface area contributed by atoms with Gasteiger partial charge in [-0.25, -0.2) is 4.99 Å². The van der Waals surface area contributed by atoms with Crippen molar-refractivity contribution in [1.29, 1.82) is 0 Å². The predicted molar refractivity (Wildman–Crippen MR) is 168 cm³/mol. The molecule has 6 heteroatoms. The van der Waals surface area contributed by atoms with Gasteiger partial charge in [0.15, 0.2) is 0 Å². The maximum Gasteiger partial charge on any atom is 0.255 e. The van der Waals surface area contributed by atoms with Gasteiger partial charge in [0.05, 0.1) is 5.69 Å². The van der Waals surface area contributed by atoms with Crippen molar-refractivity contribution >= 4 is 35.1 Å². The van der Waals surface area contributed by atoms with E-state index < -0.39 is 0 Å². The lowest BCUT2D eigenvalue weighted by molar-refractivity contribution is -0.127. The highest BCUT2D eigenvalue weighted by Crippen LogP contribution is 2.31. The summed E-state index contributed by atoms with van der Waals surface area (Å²) in [6, 6.07) is 22.3. The van der Waals surface area contributed by atoms with Crippen LogP contribution >= 0.6 is 0 Å². The molecule has 1 heterocycles. The second-order valence-electron chi connectivity index (χ2n) is 11.3. The van der Waals surface area contributed by atoms with Crippen molar-refractivity contribution < 1.29 is 9.59 Å². The zero-order chi connectivity index (χ0) is 28.8. The molecular formula is C35H40N4O2. The summed E-state index contributed by atoms with van der Waals surface area (Å²) in [6.07, 6.45) is 8.30. The van der Waals surface area contributed by atoms with Gasteiger partial charge in [-0.2, -0.15) is 0 Å². The van der Waals surface area contributed by atoms with Crippen LogP contribution in [0.25, 0.3) is 6.08 Å². The van der Waals surface area contributed by atoms with Crippen LogP contribution in [0.3, 0.4) is 0 Å². The summed E-state index contributed by atoms with van der Waals surface area (Å²) >= 11 is 0. The molecule has 1 aliphatic heterocycles. The number of rotatable bonds is 9. The molecule has 3 N–H and O–H groups in total. The van der Waals surface area contributed by atoms with Crippen LogP contribution in [0.1, 0.15) is 72.1 Å². The van der Waals surface area contributed by atoms with Crippen molar-refractivity contribution in [3.63, 3.8) is 0 Å². The number of carbonyl (C=O) groups is 2. The molecule has 0 saturated carbocycles. The molecule has 5 rings (SSSR count). The molecule has 0 bridgehead atoms. The molecule has 1 atom stereocenters. The summed E-state index contributed by atoms with van der Waals surface area (Å²) in [5.74, 6) is 0.776. The monoisotopic (exact) mass is 548 g/mol. The molecule has 0 fully saturated rings. The minimum Gasteiger partial charge on any atom is -0.387 e. The van der Waals surface area contributed by atoms with Crippen molar-refractivity contribution in [2.24, 2.45) is 16.6 Å². The molecule has 2 aliphatic rings. The first-order valence-corrected chi connectivity index (χ1v) is 14.9. The summed E-state index contributed by atoms with van der Waals surface area (Å²) in [7, 11) is 0. The molecule has 212 valence electrons. The summed E-state index contributed by atoms with van der Waals surface area (Å²) < 4.78 is 0. The van der Waals surface area contributed by atoms with Gasteiger partial charge in [0, 0.05) is 41.9 Å². The molecule has 0 spiro atoms. The van der Waals surface area contributed by atoms with Gasteiger partial charge in [0.1, 0.15) is 5.84 Å². The molecule has 0 saturated heterocycles. The number of nitrogens with zero attached hydrogens (tertiary/aromatic N) is 2. The number of aryl methyl sites for hydroxylation is 1. The van der Waals surface area contributed by atoms with Crippen molar-refractivity contribution in [2.75, 3.05) is 18.4 Å². The Bertz CT molecular complexity index is 1470. The van der Waals surface area contributed by atoms with E-state index in [9.17, 15) is 9.59 Å². The van der Waals surface area contributed by atoms with E-state index >= 15 is 0 Å². The molecule has 6 nitrogen and oxygen atoms in total. The topological polar surface area (TPSA) is 87.8 Å². The quantitative estimate of drug-likeness (QED) is 0.311. The van der Waals surface area contributed by atoms with Gasteiger partial charge < -0.3 is 16.0 Å². The number of aliphatic imine (C=N–C) groups is 1. The third-order valence-corrected chi connectivity index (χ3v) is 7.97. The Balaban J connectivity index is 1.30. The van der Waals surface area contributed by atoms with E-state index in [1.807, 2.05) is 23.1 Å². The Hall–Kier alpha value is -4.19. The number of anilines is 1. The number of carbonyl (C=O) groups excluding carboxylic acids is 2. The number of benzene rings is 3. The van der Waals surface area contributed by atoms with Gasteiger partial charge in [0.2, 0.25) is 5.91 Å². The third-order valence-electron chi connectivity index (χ3n) is 7.97. The van der Waals surface area contributed by atoms with E-state index in [0.717, 1.165) is 43.4 Å². The molecular weight excluding hydrogens is 508 g/mol. The molecule has 0 aromatic heterocycles. The number of amides is 2. The van der Waals surface area contributed by atoms with Crippen molar-refractivity contribution in [3.05, 3.63) is 100 Å². The Labute approximate surface area is 243 Å². The molecule has 3 aromatic rings. The third kappa shape index (κ3) is 6.94. The molecule has 41 heavy (non-hydrogen) atoms. The molecule has 2 amide bonds. The summed E-state index contributed by atoms with van der Waals surface area (Å²) in [4.78, 5) is 33.0. The maximum absolute atomic E-state index is 13.3. The smallest absolute Gasteiger partial charge is 0.255 e. The Kier molecular flexibility index (Phi) is 8.98. The first kappa shape index (κ1) is 28.3. The second kappa shape index (κ2) is 13.0. The number of fused-ring (bicyclic) bond motifs is 2. The largest absolute Gasteiger partial charge is 0.387 e. The Morgan fingerprint density at radius 3 is 2.51 bits per heavy atom. The fourth-order valence-electron chi connectivity index (χ4n) is 5.96. The van der Waals surface area contributed by atoms with Crippen molar-refractivity contribution in [2.45, 2.75) is 58.8 Å². The van der Waals surface area contributed by atoms with Crippen LogP contribution in [0, 0.1) is 5.92 Å². The molecule has 1 unspecified atom stereocenters. The number of nitrogens with one attached hydrogen (secondary N) is 1. The minimum absolute atomic E-state index is 0.0000586. The van der Waals surface area contributed by atoms with Crippen LogP contribution in [0.2, 0.25) is 0 Å². The van der Waals surface area contributed by atoms with Crippen LogP contribution < -0.4 is 11.1 Å². The fraction of sp³-hybridized carbons (Fsp3) is 0.343. The van der Waals surface area contributed by atoms with E-state index in [2.05, 4.69) is 66.6 Å². The molecule has 1 aliphatic carbocycles. The first-order chi connectivity index (χ1) is 19.9. The summed E-state index contributed by atoms with van der Waals surface area (Å²) in [5, 5.41) is 3.08. The number of amidine groups is 1. The Morgan fingerprint density at radius 1 is 0.976 bits per heavy atom. The van der Waals surface area contributed by atoms with Crippen LogP contribution in [0.5, 0.6) is 0 Å². The average molecular weight is 549 g/mol. The number of nitrogens with two attached hydrogens (primary N) is 1. The lowest BCUT2D eigenvalue weighted by Crippen LogP contribution is -2.34. The fourth-order valence-corrected chi connectivity index (χ4v) is 5.96. The van der Waals surface area contributed by atoms with Crippen LogP contribution in [0.15, 0.2) is 77.3 Å². The van der Waals surface area contributed by atoms with Crippen LogP contribution in [-0.4, -0.2) is 35.6 Å². The normalized spacial score (nSPS) is 16.0. The number of hydrogen-bond donors (Lipinski definition) is 2. The summed E-state index contributed by atoms with van der Waals surface area (Å²) in [6.45, 7) is 5.57.